The van der Waals surface area contributed by atoms with Gasteiger partial charge in [-0.1, -0.05) is 6.42 Å². The van der Waals surface area contributed by atoms with Crippen LogP contribution in [0.5, 0.6) is 0 Å². The number of carbonyl (C=O) groups is 1. The molecule has 2 atom stereocenters. The summed E-state index contributed by atoms with van der Waals surface area (Å²) in [6.45, 7) is 0. The lowest BCUT2D eigenvalue weighted by molar-refractivity contribution is -0.128. The summed E-state index contributed by atoms with van der Waals surface area (Å²) >= 11 is 0. The Morgan fingerprint density at radius 2 is 2.07 bits per heavy atom. The summed E-state index contributed by atoms with van der Waals surface area (Å²) in [6.07, 6.45) is 6.07. The highest BCUT2D eigenvalue weighted by Gasteiger charge is 2.29. The van der Waals surface area contributed by atoms with Gasteiger partial charge in [-0.05, 0) is 30.5 Å². The zero-order valence-corrected chi connectivity index (χ0v) is 8.60. The number of pyridine rings is 1. The van der Waals surface area contributed by atoms with E-state index in [9.17, 15) is 9.90 Å². The van der Waals surface area contributed by atoms with Gasteiger partial charge >= 0.3 is 0 Å². The minimum absolute atomic E-state index is 0.200. The van der Waals surface area contributed by atoms with Crippen LogP contribution in [0.2, 0.25) is 0 Å². The fourth-order valence-corrected chi connectivity index (χ4v) is 2.14. The number of aromatic nitrogens is 1. The van der Waals surface area contributed by atoms with Crippen LogP contribution in [0.4, 0.5) is 0 Å². The molecular weight excluding hydrogens is 190 g/mol. The highest BCUT2D eigenvalue weighted by molar-refractivity contribution is 5.82. The second-order valence-corrected chi connectivity index (χ2v) is 4.04. The lowest BCUT2D eigenvalue weighted by Crippen LogP contribution is -2.25. The molecule has 1 fully saturated rings. The van der Waals surface area contributed by atoms with Crippen LogP contribution in [0, 0.1) is 5.92 Å². The highest BCUT2D eigenvalue weighted by atomic mass is 16.3. The molecule has 15 heavy (non-hydrogen) atoms. The zero-order chi connectivity index (χ0) is 10.7. The van der Waals surface area contributed by atoms with Crippen LogP contribution < -0.4 is 0 Å². The molecule has 1 saturated carbocycles. The second-order valence-electron chi connectivity index (χ2n) is 4.04. The standard InChI is InChI=1S/C12H15NO2/c14-11-4-2-1-3-10(11)12(15)9-5-7-13-8-6-9/h5-8,10,12,15H,1-4H2/t10-,12+/m1/s1. The molecule has 1 aromatic rings. The van der Waals surface area contributed by atoms with E-state index in [4.69, 9.17) is 0 Å². The van der Waals surface area contributed by atoms with E-state index in [-0.39, 0.29) is 11.7 Å². The van der Waals surface area contributed by atoms with Gasteiger partial charge in [0.05, 0.1) is 6.10 Å². The maximum atomic E-state index is 11.6. The Labute approximate surface area is 89.2 Å². The van der Waals surface area contributed by atoms with Gasteiger partial charge in [0.2, 0.25) is 0 Å². The Morgan fingerprint density at radius 1 is 1.33 bits per heavy atom. The van der Waals surface area contributed by atoms with Gasteiger partial charge in [0.25, 0.3) is 0 Å². The molecule has 0 amide bonds. The number of Topliss-reactive ketones (excluding diaryl/α,β-unsaturated/α-hetero) is 1. The Hall–Kier alpha value is -1.22. The topological polar surface area (TPSA) is 50.2 Å². The Morgan fingerprint density at radius 3 is 2.73 bits per heavy atom. The second kappa shape index (κ2) is 4.53. The van der Waals surface area contributed by atoms with Crippen LogP contribution in [0.25, 0.3) is 0 Å². The van der Waals surface area contributed by atoms with Crippen LogP contribution in [0.15, 0.2) is 24.5 Å². The molecule has 0 unspecified atom stereocenters. The van der Waals surface area contributed by atoms with Crippen LogP contribution in [-0.2, 0) is 4.79 Å². The average molecular weight is 205 g/mol. The van der Waals surface area contributed by atoms with E-state index in [1.165, 1.54) is 0 Å². The first-order chi connectivity index (χ1) is 7.29. The molecule has 3 heteroatoms. The smallest absolute Gasteiger partial charge is 0.138 e. The molecule has 3 nitrogen and oxygen atoms in total. The zero-order valence-electron chi connectivity index (χ0n) is 8.60. The maximum absolute atomic E-state index is 11.6. The molecule has 0 bridgehead atoms. The minimum atomic E-state index is -0.652. The number of hydrogen-bond donors (Lipinski definition) is 1. The quantitative estimate of drug-likeness (QED) is 0.802. The van der Waals surface area contributed by atoms with Crippen molar-refractivity contribution in [1.82, 2.24) is 4.98 Å². The van der Waals surface area contributed by atoms with Gasteiger partial charge in [0.1, 0.15) is 5.78 Å². The highest BCUT2D eigenvalue weighted by Crippen LogP contribution is 2.31. The fraction of sp³-hybridized carbons (Fsp3) is 0.500. The van der Waals surface area contributed by atoms with Gasteiger partial charge in [-0.15, -0.1) is 0 Å². The Kier molecular flexibility index (Phi) is 3.11. The molecule has 0 radical (unpaired) electrons. The summed E-state index contributed by atoms with van der Waals surface area (Å²) in [7, 11) is 0. The van der Waals surface area contributed by atoms with Gasteiger partial charge in [-0.3, -0.25) is 9.78 Å². The van der Waals surface area contributed by atoms with Gasteiger partial charge < -0.3 is 5.11 Å². The molecule has 1 heterocycles. The van der Waals surface area contributed by atoms with Crippen molar-refractivity contribution in [3.05, 3.63) is 30.1 Å². The first kappa shape index (κ1) is 10.3. The number of nitrogens with zero attached hydrogens (tertiary/aromatic N) is 1. The lowest BCUT2D eigenvalue weighted by Gasteiger charge is -2.25. The molecule has 2 rings (SSSR count). The molecule has 1 aliphatic rings. The van der Waals surface area contributed by atoms with Crippen LogP contribution in [0.3, 0.4) is 0 Å². The monoisotopic (exact) mass is 205 g/mol. The molecule has 0 aromatic carbocycles. The third-order valence-corrected chi connectivity index (χ3v) is 3.03. The third-order valence-electron chi connectivity index (χ3n) is 3.03. The summed E-state index contributed by atoms with van der Waals surface area (Å²) in [5.41, 5.74) is 0.797. The number of rotatable bonds is 2. The van der Waals surface area contributed by atoms with E-state index in [1.54, 1.807) is 24.5 Å². The molecule has 0 aliphatic heterocycles. The Bertz CT molecular complexity index is 337. The molecule has 1 aliphatic carbocycles. The average Bonchev–Trinajstić information content (AvgIpc) is 2.30. The normalized spacial score (nSPS) is 23.8. The molecule has 0 spiro atoms. The number of ketones is 1. The van der Waals surface area contributed by atoms with Crippen LogP contribution in [0.1, 0.15) is 37.4 Å². The van der Waals surface area contributed by atoms with Crippen molar-refractivity contribution < 1.29 is 9.90 Å². The van der Waals surface area contributed by atoms with Gasteiger partial charge in [0.15, 0.2) is 0 Å². The van der Waals surface area contributed by atoms with Crippen LogP contribution in [-0.4, -0.2) is 15.9 Å². The number of aliphatic hydroxyl groups is 1. The van der Waals surface area contributed by atoms with Gasteiger partial charge in [-0.25, -0.2) is 0 Å². The van der Waals surface area contributed by atoms with Crippen molar-refractivity contribution in [2.24, 2.45) is 5.92 Å². The number of carbonyl (C=O) groups excluding carboxylic acids is 1. The summed E-state index contributed by atoms with van der Waals surface area (Å²) in [5.74, 6) is -0.00767. The molecule has 0 saturated heterocycles. The summed E-state index contributed by atoms with van der Waals surface area (Å²) in [6, 6.07) is 3.54. The van der Waals surface area contributed by atoms with E-state index in [0.717, 1.165) is 24.8 Å². The SMILES string of the molecule is O=C1CCCC[C@H]1[C@@H](O)c1ccncc1. The van der Waals surface area contributed by atoms with Crippen molar-refractivity contribution >= 4 is 5.78 Å². The van der Waals surface area contributed by atoms with Crippen LogP contribution >= 0.6 is 0 Å². The summed E-state index contributed by atoms with van der Waals surface area (Å²) in [5, 5.41) is 10.1. The summed E-state index contributed by atoms with van der Waals surface area (Å²) < 4.78 is 0. The molecule has 1 aromatic heterocycles. The number of hydrogen-bond acceptors (Lipinski definition) is 3. The van der Waals surface area contributed by atoms with E-state index in [2.05, 4.69) is 4.98 Å². The third kappa shape index (κ3) is 2.23. The van der Waals surface area contributed by atoms with E-state index in [0.29, 0.717) is 6.42 Å². The minimum Gasteiger partial charge on any atom is -0.388 e. The van der Waals surface area contributed by atoms with E-state index < -0.39 is 6.10 Å². The van der Waals surface area contributed by atoms with E-state index in [1.807, 2.05) is 0 Å². The predicted molar refractivity (Wildman–Crippen MR) is 56.2 cm³/mol. The first-order valence-electron chi connectivity index (χ1n) is 5.40. The summed E-state index contributed by atoms with van der Waals surface area (Å²) in [4.78, 5) is 15.5. The molecule has 80 valence electrons. The number of aliphatic hydroxyl groups excluding tert-OH is 1. The van der Waals surface area contributed by atoms with E-state index >= 15 is 0 Å². The van der Waals surface area contributed by atoms with Gasteiger partial charge in [0, 0.05) is 24.7 Å². The maximum Gasteiger partial charge on any atom is 0.138 e. The van der Waals surface area contributed by atoms with Crippen molar-refractivity contribution in [3.8, 4) is 0 Å². The predicted octanol–water partition coefficient (Wildman–Crippen LogP) is 1.87. The van der Waals surface area contributed by atoms with Crippen molar-refractivity contribution in [1.29, 1.82) is 0 Å². The van der Waals surface area contributed by atoms with Crippen molar-refractivity contribution in [2.75, 3.05) is 0 Å². The fourth-order valence-electron chi connectivity index (χ4n) is 2.14. The van der Waals surface area contributed by atoms with Crippen molar-refractivity contribution in [2.45, 2.75) is 31.8 Å². The lowest BCUT2D eigenvalue weighted by atomic mass is 9.82. The molecular formula is C12H15NO2. The first-order valence-corrected chi connectivity index (χ1v) is 5.40. The Balaban J connectivity index is 2.13. The molecule has 1 N–H and O–H groups in total. The largest absolute Gasteiger partial charge is 0.388 e. The van der Waals surface area contributed by atoms with Gasteiger partial charge in [-0.2, -0.15) is 0 Å². The van der Waals surface area contributed by atoms with Crippen molar-refractivity contribution in [3.63, 3.8) is 0 Å².